The van der Waals surface area contributed by atoms with Gasteiger partial charge in [0.1, 0.15) is 15.4 Å². The molecule has 2 heterocycles. The Morgan fingerprint density at radius 2 is 2.30 bits per heavy atom. The van der Waals surface area contributed by atoms with E-state index >= 15 is 0 Å². The predicted molar refractivity (Wildman–Crippen MR) is 88.1 cm³/mol. The van der Waals surface area contributed by atoms with Gasteiger partial charge in [-0.15, -0.1) is 11.3 Å². The fraction of sp³-hybridized carbons (Fsp3) is 0.462. The van der Waals surface area contributed by atoms with E-state index in [0.717, 1.165) is 17.4 Å². The highest BCUT2D eigenvalue weighted by atomic mass is 32.2. The minimum Gasteiger partial charge on any atom is -0.358 e. The highest BCUT2D eigenvalue weighted by Gasteiger charge is 2.22. The summed E-state index contributed by atoms with van der Waals surface area (Å²) in [6.07, 6.45) is 2.34. The molecule has 1 aliphatic heterocycles. The molecule has 1 fully saturated rings. The second-order valence-electron chi connectivity index (χ2n) is 4.48. The Labute approximate surface area is 132 Å². The quantitative estimate of drug-likeness (QED) is 0.866. The fourth-order valence-corrected chi connectivity index (χ4v) is 4.04. The molecule has 1 aliphatic rings. The average Bonchev–Trinajstić information content (AvgIpc) is 3.09. The van der Waals surface area contributed by atoms with Crippen LogP contribution in [0.25, 0.3) is 0 Å². The number of amides is 1. The van der Waals surface area contributed by atoms with E-state index in [9.17, 15) is 4.79 Å². The van der Waals surface area contributed by atoms with Gasteiger partial charge in [-0.3, -0.25) is 4.79 Å². The number of carbonyl (C=O) groups excluding carboxylic acids is 1. The van der Waals surface area contributed by atoms with E-state index in [1.807, 2.05) is 6.92 Å². The summed E-state index contributed by atoms with van der Waals surface area (Å²) >= 11 is 8.13. The van der Waals surface area contributed by atoms with Crippen molar-refractivity contribution in [3.8, 4) is 6.07 Å². The lowest BCUT2D eigenvalue weighted by Gasteiger charge is -2.20. The van der Waals surface area contributed by atoms with Crippen LogP contribution in [0, 0.1) is 11.3 Å². The molecule has 1 aromatic heterocycles. The average molecular weight is 325 g/mol. The summed E-state index contributed by atoms with van der Waals surface area (Å²) in [5.74, 6) is -0.115. The molecule has 1 N–H and O–H groups in total. The lowest BCUT2D eigenvalue weighted by atomic mass is 10.3. The van der Waals surface area contributed by atoms with Crippen molar-refractivity contribution in [3.63, 3.8) is 0 Å². The van der Waals surface area contributed by atoms with Crippen LogP contribution in [0.3, 0.4) is 0 Å². The Morgan fingerprint density at radius 3 is 2.95 bits per heavy atom. The van der Waals surface area contributed by atoms with Crippen LogP contribution in [0.4, 0.5) is 5.00 Å². The van der Waals surface area contributed by atoms with E-state index in [1.54, 1.807) is 11.4 Å². The van der Waals surface area contributed by atoms with E-state index in [1.165, 1.54) is 35.9 Å². The standard InChI is InChI=1S/C13H15N3OS3/c1-9(20-13(18)16-5-2-3-6-16)11(17)15-12-10(8-14)4-7-19-12/h4,7,9H,2-3,5-6H2,1H3,(H,15,17)/t9-/m1/s1. The van der Waals surface area contributed by atoms with E-state index in [4.69, 9.17) is 17.5 Å². The zero-order chi connectivity index (χ0) is 14.5. The number of nitriles is 1. The van der Waals surface area contributed by atoms with E-state index in [0.29, 0.717) is 10.6 Å². The minimum absolute atomic E-state index is 0.115. The number of nitrogens with one attached hydrogen (secondary N) is 1. The maximum atomic E-state index is 12.1. The van der Waals surface area contributed by atoms with Gasteiger partial charge in [-0.05, 0) is 31.2 Å². The van der Waals surface area contributed by atoms with E-state index in [2.05, 4.69) is 16.3 Å². The number of hydrogen-bond acceptors (Lipinski definition) is 5. The smallest absolute Gasteiger partial charge is 0.238 e. The molecule has 1 saturated heterocycles. The number of rotatable bonds is 3. The van der Waals surface area contributed by atoms with Crippen LogP contribution in [0.15, 0.2) is 11.4 Å². The summed E-state index contributed by atoms with van der Waals surface area (Å²) in [5, 5.41) is 13.8. The summed E-state index contributed by atoms with van der Waals surface area (Å²) in [4.78, 5) is 14.3. The van der Waals surface area contributed by atoms with Crippen molar-refractivity contribution < 1.29 is 4.79 Å². The van der Waals surface area contributed by atoms with Crippen LogP contribution in [-0.2, 0) is 4.79 Å². The monoisotopic (exact) mass is 325 g/mol. The van der Waals surface area contributed by atoms with Gasteiger partial charge in [-0.1, -0.05) is 24.0 Å². The molecule has 0 spiro atoms. The first-order valence-corrected chi connectivity index (χ1v) is 8.52. The Kier molecular flexibility index (Phi) is 5.40. The van der Waals surface area contributed by atoms with Crippen molar-refractivity contribution in [1.82, 2.24) is 4.90 Å². The van der Waals surface area contributed by atoms with Gasteiger partial charge in [-0.2, -0.15) is 5.26 Å². The molecule has 0 unspecified atom stereocenters. The molecular weight excluding hydrogens is 310 g/mol. The molecule has 4 nitrogen and oxygen atoms in total. The van der Waals surface area contributed by atoms with Crippen molar-refractivity contribution >= 4 is 50.5 Å². The second-order valence-corrected chi connectivity index (χ2v) is 7.38. The van der Waals surface area contributed by atoms with Crippen molar-refractivity contribution in [2.24, 2.45) is 0 Å². The number of thiocarbonyl (C=S) groups is 1. The molecule has 0 bridgehead atoms. The summed E-state index contributed by atoms with van der Waals surface area (Å²) in [6, 6.07) is 3.76. The van der Waals surface area contributed by atoms with Gasteiger partial charge < -0.3 is 10.2 Å². The molecule has 106 valence electrons. The lowest BCUT2D eigenvalue weighted by Crippen LogP contribution is -2.29. The van der Waals surface area contributed by atoms with Crippen LogP contribution in [-0.4, -0.2) is 33.5 Å². The van der Waals surface area contributed by atoms with Gasteiger partial charge in [0.15, 0.2) is 0 Å². The molecular formula is C13H15N3OS3. The number of carbonyl (C=O) groups is 1. The molecule has 7 heteroatoms. The number of likely N-dealkylation sites (tertiary alicyclic amines) is 1. The Hall–Kier alpha value is -1.10. The Balaban J connectivity index is 1.89. The van der Waals surface area contributed by atoms with Gasteiger partial charge in [0.05, 0.1) is 10.8 Å². The van der Waals surface area contributed by atoms with Crippen LogP contribution in [0.5, 0.6) is 0 Å². The molecule has 20 heavy (non-hydrogen) atoms. The highest BCUT2D eigenvalue weighted by molar-refractivity contribution is 8.23. The predicted octanol–water partition coefficient (Wildman–Crippen LogP) is 3.06. The zero-order valence-electron chi connectivity index (χ0n) is 11.1. The van der Waals surface area contributed by atoms with Crippen LogP contribution in [0.1, 0.15) is 25.3 Å². The van der Waals surface area contributed by atoms with Gasteiger partial charge in [0.25, 0.3) is 0 Å². The Bertz CT molecular complexity index is 543. The fourth-order valence-electron chi connectivity index (χ4n) is 1.89. The molecule has 0 aliphatic carbocycles. The molecule has 0 aromatic carbocycles. The van der Waals surface area contributed by atoms with Crippen molar-refractivity contribution in [2.45, 2.75) is 25.0 Å². The van der Waals surface area contributed by atoms with Gasteiger partial charge >= 0.3 is 0 Å². The Morgan fingerprint density at radius 1 is 1.60 bits per heavy atom. The number of thioether (sulfide) groups is 1. The largest absolute Gasteiger partial charge is 0.358 e. The third-order valence-corrected chi connectivity index (χ3v) is 5.44. The van der Waals surface area contributed by atoms with Gasteiger partial charge in [0, 0.05) is 13.1 Å². The first-order chi connectivity index (χ1) is 9.61. The molecule has 1 atom stereocenters. The summed E-state index contributed by atoms with van der Waals surface area (Å²) in [5.41, 5.74) is 0.502. The van der Waals surface area contributed by atoms with E-state index < -0.39 is 0 Å². The summed E-state index contributed by atoms with van der Waals surface area (Å²) in [6.45, 7) is 3.81. The van der Waals surface area contributed by atoms with Crippen molar-refractivity contribution in [3.05, 3.63) is 17.0 Å². The molecule has 0 saturated carbocycles. The molecule has 1 amide bonds. The normalized spacial score (nSPS) is 15.7. The highest BCUT2D eigenvalue weighted by Crippen LogP contribution is 2.25. The van der Waals surface area contributed by atoms with Crippen molar-refractivity contribution in [1.29, 1.82) is 5.26 Å². The van der Waals surface area contributed by atoms with Crippen LogP contribution < -0.4 is 5.32 Å². The van der Waals surface area contributed by atoms with Crippen LogP contribution >= 0.6 is 35.3 Å². The molecule has 2 rings (SSSR count). The molecule has 1 aromatic rings. The summed E-state index contributed by atoms with van der Waals surface area (Å²) < 4.78 is 0.789. The number of nitrogens with zero attached hydrogens (tertiary/aromatic N) is 2. The molecule has 0 radical (unpaired) electrons. The van der Waals surface area contributed by atoms with Crippen molar-refractivity contribution in [2.75, 3.05) is 18.4 Å². The van der Waals surface area contributed by atoms with E-state index in [-0.39, 0.29) is 11.2 Å². The maximum absolute atomic E-state index is 12.1. The summed E-state index contributed by atoms with van der Waals surface area (Å²) in [7, 11) is 0. The van der Waals surface area contributed by atoms with Gasteiger partial charge in [-0.25, -0.2) is 0 Å². The SMILES string of the molecule is C[C@@H](SC(=S)N1CCCC1)C(=O)Nc1sccc1C#N. The minimum atomic E-state index is -0.267. The zero-order valence-corrected chi connectivity index (χ0v) is 13.5. The first-order valence-electron chi connectivity index (χ1n) is 6.36. The second kappa shape index (κ2) is 7.07. The van der Waals surface area contributed by atoms with Gasteiger partial charge in [0.2, 0.25) is 5.91 Å². The third kappa shape index (κ3) is 3.72. The number of anilines is 1. The maximum Gasteiger partial charge on any atom is 0.238 e. The lowest BCUT2D eigenvalue weighted by molar-refractivity contribution is -0.115. The third-order valence-electron chi connectivity index (χ3n) is 3.03. The number of thiophene rings is 1. The number of hydrogen-bond donors (Lipinski definition) is 1. The van der Waals surface area contributed by atoms with Crippen LogP contribution in [0.2, 0.25) is 0 Å². The topological polar surface area (TPSA) is 56.1 Å². The first kappa shape index (κ1) is 15.3.